The minimum Gasteiger partial charge on any atom is -0.504 e. The first-order chi connectivity index (χ1) is 26.7. The predicted octanol–water partition coefficient (Wildman–Crippen LogP) is 3.74. The van der Waals surface area contributed by atoms with Crippen LogP contribution in [0.25, 0.3) is 0 Å². The van der Waals surface area contributed by atoms with Crippen LogP contribution in [0, 0.1) is 0 Å². The second kappa shape index (κ2) is 26.5. The van der Waals surface area contributed by atoms with Crippen LogP contribution in [0.1, 0.15) is 41.4 Å². The van der Waals surface area contributed by atoms with Crippen LogP contribution in [-0.4, -0.2) is 75.8 Å². The summed E-state index contributed by atoms with van der Waals surface area (Å²) in [4.78, 5) is 44.3. The predicted molar refractivity (Wildman–Crippen MR) is 213 cm³/mol. The van der Waals surface area contributed by atoms with Crippen LogP contribution < -0.4 is 22.1 Å². The first-order valence-corrected chi connectivity index (χ1v) is 16.0. The maximum absolute atomic E-state index is 11.9. The van der Waals surface area contributed by atoms with Crippen LogP contribution in [0.3, 0.4) is 0 Å². The number of hydrogen-bond donors (Lipinski definition) is 12. The van der Waals surface area contributed by atoms with Crippen molar-refractivity contribution < 1.29 is 105 Å². The third kappa shape index (κ3) is 15.5. The number of carbonyl (C=O) groups is 4. The number of aldehydes is 1. The molecule has 60 heavy (non-hydrogen) atoms. The zero-order valence-electron chi connectivity index (χ0n) is 30.8. The van der Waals surface area contributed by atoms with Crippen LogP contribution in [0.15, 0.2) is 127 Å². The number of anilines is 3. The van der Waals surface area contributed by atoms with Crippen molar-refractivity contribution in [3.05, 3.63) is 150 Å². The van der Waals surface area contributed by atoms with E-state index in [0.717, 1.165) is 0 Å². The molecule has 0 fully saturated rings. The summed E-state index contributed by atoms with van der Waals surface area (Å²) in [5.41, 5.74) is 12.1. The summed E-state index contributed by atoms with van der Waals surface area (Å²) in [6.45, 7) is 0. The van der Waals surface area contributed by atoms with Gasteiger partial charge in [-0.05, 0) is 72.8 Å². The van der Waals surface area contributed by atoms with E-state index in [-0.39, 0.29) is 96.1 Å². The molecule has 6 rings (SSSR count). The first kappa shape index (κ1) is 54.7. The molecule has 20 heteroatoms. The minimum atomic E-state index is -0.765. The van der Waals surface area contributed by atoms with Crippen molar-refractivity contribution in [1.29, 1.82) is 0 Å². The quantitative estimate of drug-likeness (QED) is 0.0491. The van der Waals surface area contributed by atoms with Gasteiger partial charge in [-0.25, -0.2) is 0 Å². The number of rotatable bonds is 6. The van der Waals surface area contributed by atoms with E-state index in [1.165, 1.54) is 72.8 Å². The number of hydrogen-bond acceptors (Lipinski definition) is 13. The van der Waals surface area contributed by atoms with E-state index in [1.54, 1.807) is 48.5 Å². The Labute approximate surface area is 362 Å². The van der Waals surface area contributed by atoms with Gasteiger partial charge in [-0.1, -0.05) is 54.6 Å². The van der Waals surface area contributed by atoms with Crippen LogP contribution in [0.4, 0.5) is 17.1 Å². The molecule has 0 aliphatic rings. The molecule has 0 saturated carbocycles. The molecule has 0 atom stereocenters. The second-order valence-corrected chi connectivity index (χ2v) is 11.1. The SMILES string of the molecule is NC(=O)c1cccc(O)c1O.Nc1ccccc1NC(=O)c1cccc(O)c1O.O.O.O=C(Nc1ccccc1)c1cccc(O)c1O.O=Cc1cccc(O)c1O.[Fe].[Fe]. The average molecular weight is 912 g/mol. The van der Waals surface area contributed by atoms with Gasteiger partial charge in [0.2, 0.25) is 0 Å². The number of para-hydroxylation sites is 7. The number of phenolic OH excluding ortho intramolecular Hbond substituents is 7. The average Bonchev–Trinajstić information content (AvgIpc) is 3.18. The fraction of sp³-hybridized carbons (Fsp3) is 0. The van der Waals surface area contributed by atoms with Crippen molar-refractivity contribution >= 4 is 41.1 Å². The van der Waals surface area contributed by atoms with Gasteiger partial charge in [0.25, 0.3) is 17.7 Å². The number of primary amides is 1. The van der Waals surface area contributed by atoms with Crippen LogP contribution in [0.5, 0.6) is 46.0 Å². The normalized spacial score (nSPS) is 9.07. The number of benzene rings is 6. The van der Waals surface area contributed by atoms with Crippen molar-refractivity contribution in [2.75, 3.05) is 16.4 Å². The molecule has 3 amide bonds. The largest absolute Gasteiger partial charge is 0.504 e. The van der Waals surface area contributed by atoms with Gasteiger partial charge in [0.05, 0.1) is 33.6 Å². The van der Waals surface area contributed by atoms with Gasteiger partial charge >= 0.3 is 0 Å². The van der Waals surface area contributed by atoms with Crippen molar-refractivity contribution in [2.24, 2.45) is 5.73 Å². The van der Waals surface area contributed by atoms with E-state index in [2.05, 4.69) is 10.6 Å². The monoisotopic (exact) mass is 912 g/mol. The number of amides is 3. The van der Waals surface area contributed by atoms with E-state index in [1.807, 2.05) is 6.07 Å². The Morgan fingerprint density at radius 1 is 0.467 bits per heavy atom. The Kier molecular flexibility index (Phi) is 24.1. The van der Waals surface area contributed by atoms with Gasteiger partial charge in [0.15, 0.2) is 52.3 Å². The molecule has 6 aromatic carbocycles. The van der Waals surface area contributed by atoms with E-state index in [9.17, 15) is 39.6 Å². The molecule has 0 heterocycles. The fourth-order valence-electron chi connectivity index (χ4n) is 4.32. The third-order valence-corrected chi connectivity index (χ3v) is 7.21. The summed E-state index contributed by atoms with van der Waals surface area (Å²) in [6, 6.07) is 32.3. The summed E-state index contributed by atoms with van der Waals surface area (Å²) in [5, 5.41) is 78.5. The maximum atomic E-state index is 11.9. The van der Waals surface area contributed by atoms with Gasteiger partial charge in [-0.15, -0.1) is 0 Å². The summed E-state index contributed by atoms with van der Waals surface area (Å²) in [7, 11) is 0. The van der Waals surface area contributed by atoms with Crippen LogP contribution >= 0.6 is 0 Å². The van der Waals surface area contributed by atoms with E-state index >= 15 is 0 Å². The number of nitrogens with two attached hydrogens (primary N) is 2. The van der Waals surface area contributed by atoms with Crippen LogP contribution in [-0.2, 0) is 34.1 Å². The molecular formula is C40H40Fe2N4O14. The summed E-state index contributed by atoms with van der Waals surface area (Å²) in [5.74, 6) is -4.76. The van der Waals surface area contributed by atoms with Crippen molar-refractivity contribution in [3.8, 4) is 46.0 Å². The van der Waals surface area contributed by atoms with Crippen molar-refractivity contribution in [2.45, 2.75) is 0 Å². The van der Waals surface area contributed by atoms with Gasteiger partial charge in [0, 0.05) is 39.8 Å². The Morgan fingerprint density at radius 3 is 1.27 bits per heavy atom. The molecule has 0 aromatic heterocycles. The Hall–Kier alpha value is -7.44. The summed E-state index contributed by atoms with van der Waals surface area (Å²) in [6.07, 6.45) is 0.481. The third-order valence-electron chi connectivity index (χ3n) is 7.21. The molecule has 18 nitrogen and oxygen atoms in total. The van der Waals surface area contributed by atoms with Gasteiger partial charge in [-0.3, -0.25) is 19.2 Å². The zero-order valence-corrected chi connectivity index (χ0v) is 33.0. The standard InChI is InChI=1S/C13H12N2O3.C13H11NO3.C7H7NO3.C7H6O3.2Fe.2H2O/c14-9-5-1-2-6-10(9)15-13(18)8-4-3-7-11(16)12(8)17;15-11-8-4-7-10(12(11)16)13(17)14-9-5-2-1-3-6-9;8-7(11)4-2-1-3-5(9)6(4)10;8-4-5-2-1-3-6(9)7(5)10;;;;/h1-7,16-17H,14H2,(H,15,18);1-8,15-16H,(H,14,17);1-3,9-10H,(H2,8,11);1-4,9-10H;;;2*1H2. The first-order valence-electron chi connectivity index (χ1n) is 16.0. The van der Waals surface area contributed by atoms with Gasteiger partial charge in [0.1, 0.15) is 0 Å². The number of nitrogens with one attached hydrogen (secondary N) is 2. The van der Waals surface area contributed by atoms with Gasteiger partial charge < -0.3 is 73.9 Å². The molecule has 0 radical (unpaired) electrons. The number of aromatic hydroxyl groups is 8. The number of phenols is 8. The minimum absolute atomic E-state index is 0. The Bertz CT molecular complexity index is 2330. The smallest absolute Gasteiger partial charge is 0.259 e. The number of nitrogen functional groups attached to an aromatic ring is 1. The van der Waals surface area contributed by atoms with E-state index < -0.39 is 35.0 Å². The molecule has 0 unspecified atom stereocenters. The van der Waals surface area contributed by atoms with Crippen LogP contribution in [0.2, 0.25) is 0 Å². The van der Waals surface area contributed by atoms with Crippen molar-refractivity contribution in [1.82, 2.24) is 0 Å². The Morgan fingerprint density at radius 2 is 0.850 bits per heavy atom. The zero-order chi connectivity index (χ0) is 41.4. The summed E-state index contributed by atoms with van der Waals surface area (Å²) < 4.78 is 0. The van der Waals surface area contributed by atoms with Crippen molar-refractivity contribution in [3.63, 3.8) is 0 Å². The molecule has 0 spiro atoms. The topological polar surface area (TPSA) is 369 Å². The molecule has 6 aromatic rings. The Balaban J connectivity index is 0. The fourth-order valence-corrected chi connectivity index (χ4v) is 4.32. The summed E-state index contributed by atoms with van der Waals surface area (Å²) >= 11 is 0. The molecular weight excluding hydrogens is 872 g/mol. The van der Waals surface area contributed by atoms with E-state index in [0.29, 0.717) is 23.3 Å². The van der Waals surface area contributed by atoms with Gasteiger partial charge in [-0.2, -0.15) is 0 Å². The maximum Gasteiger partial charge on any atom is 0.259 e. The molecule has 0 aliphatic carbocycles. The molecule has 18 N–H and O–H groups in total. The number of carbonyl (C=O) groups excluding carboxylic acids is 4. The molecule has 0 saturated heterocycles. The molecule has 0 aliphatic heterocycles. The molecule has 0 bridgehead atoms. The second-order valence-electron chi connectivity index (χ2n) is 11.1. The van der Waals surface area contributed by atoms with E-state index in [4.69, 9.17) is 31.9 Å². The molecule has 320 valence electrons.